The van der Waals surface area contributed by atoms with Crippen LogP contribution in [0.5, 0.6) is 0 Å². The van der Waals surface area contributed by atoms with Crippen molar-refractivity contribution in [2.24, 2.45) is 0 Å². The van der Waals surface area contributed by atoms with Gasteiger partial charge in [0.2, 0.25) is 0 Å². The van der Waals surface area contributed by atoms with Crippen molar-refractivity contribution < 1.29 is 0 Å². The van der Waals surface area contributed by atoms with Crippen LogP contribution < -0.4 is 0 Å². The van der Waals surface area contributed by atoms with Crippen LogP contribution in [0.4, 0.5) is 0 Å². The van der Waals surface area contributed by atoms with Crippen molar-refractivity contribution in [2.45, 2.75) is 0 Å². The van der Waals surface area contributed by atoms with Crippen LogP contribution in [0.1, 0.15) is 0 Å². The number of nitrogens with zero attached hydrogens (tertiary/aromatic N) is 4. The summed E-state index contributed by atoms with van der Waals surface area (Å²) in [5, 5.41) is 9.90. The minimum Gasteiger partial charge on any atom is -0.309 e. The summed E-state index contributed by atoms with van der Waals surface area (Å²) in [5.74, 6) is 0. The van der Waals surface area contributed by atoms with E-state index in [2.05, 4.69) is 249 Å². The van der Waals surface area contributed by atoms with Crippen molar-refractivity contribution in [3.8, 4) is 33.9 Å². The van der Waals surface area contributed by atoms with Crippen LogP contribution in [0.15, 0.2) is 231 Å². The molecular formula is C60H38N4. The number of hydrogen-bond donors (Lipinski definition) is 0. The molecule has 0 radical (unpaired) electrons. The van der Waals surface area contributed by atoms with E-state index >= 15 is 0 Å². The summed E-state index contributed by atoms with van der Waals surface area (Å²) in [4.78, 5) is 0. The van der Waals surface area contributed by atoms with Gasteiger partial charge in [-0.2, -0.15) is 0 Å². The van der Waals surface area contributed by atoms with Crippen LogP contribution in [-0.4, -0.2) is 18.3 Å². The standard InChI is InChI=1S/C60H38N4/c1-5-19-40(20-6-1)61-51-30-16-13-27-44(51)49-36-50-48-35-39(33-34-54(48)62(56(50)38-55(49)61)41-21-7-2-8-22-41)47-37-57-59(46-29-15-17-31-52(46)63(57)42-23-9-3-10-24-42)60-58(47)45-28-14-18-32-53(45)64(60)43-25-11-4-12-26-43/h1-38H. The van der Waals surface area contributed by atoms with Gasteiger partial charge in [-0.05, 0) is 108 Å². The van der Waals surface area contributed by atoms with Gasteiger partial charge in [0, 0.05) is 65.8 Å². The van der Waals surface area contributed by atoms with Crippen LogP contribution in [0.3, 0.4) is 0 Å². The van der Waals surface area contributed by atoms with Crippen molar-refractivity contribution in [1.82, 2.24) is 18.3 Å². The van der Waals surface area contributed by atoms with Crippen LogP contribution in [-0.2, 0) is 0 Å². The van der Waals surface area contributed by atoms with Gasteiger partial charge in [-0.3, -0.25) is 0 Å². The number of fused-ring (bicyclic) bond motifs is 13. The molecule has 0 spiro atoms. The average molecular weight is 815 g/mol. The van der Waals surface area contributed by atoms with E-state index in [1.54, 1.807) is 0 Å². The topological polar surface area (TPSA) is 19.7 Å². The monoisotopic (exact) mass is 814 g/mol. The van der Waals surface area contributed by atoms with Crippen molar-refractivity contribution in [2.75, 3.05) is 0 Å². The van der Waals surface area contributed by atoms with Crippen LogP contribution in [0.25, 0.3) is 121 Å². The molecule has 0 saturated heterocycles. The largest absolute Gasteiger partial charge is 0.309 e. The van der Waals surface area contributed by atoms with Gasteiger partial charge >= 0.3 is 0 Å². The molecule has 0 amide bonds. The summed E-state index contributed by atoms with van der Waals surface area (Å²) in [6.45, 7) is 0. The quantitative estimate of drug-likeness (QED) is 0.165. The molecule has 0 aliphatic carbocycles. The molecule has 0 atom stereocenters. The highest BCUT2D eigenvalue weighted by molar-refractivity contribution is 6.30. The molecule has 298 valence electrons. The molecule has 10 aromatic carbocycles. The molecule has 0 N–H and O–H groups in total. The van der Waals surface area contributed by atoms with Gasteiger partial charge in [0.15, 0.2) is 0 Å². The summed E-state index contributed by atoms with van der Waals surface area (Å²) < 4.78 is 9.83. The fourth-order valence-electron chi connectivity index (χ4n) is 10.9. The lowest BCUT2D eigenvalue weighted by Gasteiger charge is -2.13. The molecular weight excluding hydrogens is 777 g/mol. The molecule has 0 fully saturated rings. The average Bonchev–Trinajstić information content (AvgIpc) is 4.08. The Labute approximate surface area is 368 Å². The van der Waals surface area contributed by atoms with Crippen molar-refractivity contribution in [3.05, 3.63) is 231 Å². The predicted molar refractivity (Wildman–Crippen MR) is 269 cm³/mol. The Morgan fingerprint density at radius 3 is 1.17 bits per heavy atom. The van der Waals surface area contributed by atoms with E-state index in [1.165, 1.54) is 98.4 Å². The minimum absolute atomic E-state index is 1.14. The highest BCUT2D eigenvalue weighted by Crippen LogP contribution is 2.48. The first-order valence-electron chi connectivity index (χ1n) is 22.0. The first-order valence-corrected chi connectivity index (χ1v) is 22.0. The number of rotatable bonds is 5. The van der Waals surface area contributed by atoms with E-state index in [0.717, 1.165) is 22.7 Å². The summed E-state index contributed by atoms with van der Waals surface area (Å²) >= 11 is 0. The highest BCUT2D eigenvalue weighted by atomic mass is 15.0. The molecule has 4 heteroatoms. The fourth-order valence-corrected chi connectivity index (χ4v) is 10.9. The lowest BCUT2D eigenvalue weighted by atomic mass is 9.95. The third-order valence-corrected chi connectivity index (χ3v) is 13.5. The van der Waals surface area contributed by atoms with Gasteiger partial charge < -0.3 is 18.3 Å². The predicted octanol–water partition coefficient (Wildman–Crippen LogP) is 15.7. The lowest BCUT2D eigenvalue weighted by Crippen LogP contribution is -1.96. The van der Waals surface area contributed by atoms with Crippen LogP contribution in [0.2, 0.25) is 0 Å². The van der Waals surface area contributed by atoms with Gasteiger partial charge in [0.25, 0.3) is 0 Å². The van der Waals surface area contributed by atoms with E-state index in [0.29, 0.717) is 0 Å². The Balaban J connectivity index is 1.15. The molecule has 14 aromatic rings. The zero-order chi connectivity index (χ0) is 41.9. The minimum atomic E-state index is 1.14. The van der Waals surface area contributed by atoms with Crippen molar-refractivity contribution in [1.29, 1.82) is 0 Å². The van der Waals surface area contributed by atoms with Crippen LogP contribution >= 0.6 is 0 Å². The summed E-state index contributed by atoms with van der Waals surface area (Å²) in [5.41, 5.74) is 16.5. The van der Waals surface area contributed by atoms with Crippen molar-refractivity contribution >= 4 is 87.2 Å². The third kappa shape index (κ3) is 4.88. The van der Waals surface area contributed by atoms with Crippen molar-refractivity contribution in [3.63, 3.8) is 0 Å². The molecule has 4 nitrogen and oxygen atoms in total. The Hall–Kier alpha value is -8.60. The smallest absolute Gasteiger partial charge is 0.0647 e. The molecule has 0 bridgehead atoms. The lowest BCUT2D eigenvalue weighted by molar-refractivity contribution is 1.16. The second-order valence-corrected chi connectivity index (χ2v) is 16.9. The number of para-hydroxylation sites is 7. The second-order valence-electron chi connectivity index (χ2n) is 16.9. The molecule has 14 rings (SSSR count). The number of aromatic nitrogens is 4. The number of benzene rings is 10. The maximum absolute atomic E-state index is 2.50. The SMILES string of the molecule is c1ccc(-n2c3ccccc3c3cc4c5cc(-c6cc7c(c8ccccc8n7-c7ccccc7)c7c6c6ccccc6n7-c6ccccc6)ccc5n(-c5ccccc5)c4cc32)cc1. The molecule has 0 unspecified atom stereocenters. The third-order valence-electron chi connectivity index (χ3n) is 13.5. The molecule has 0 aliphatic heterocycles. The first-order chi connectivity index (χ1) is 31.8. The van der Waals surface area contributed by atoms with Gasteiger partial charge in [-0.25, -0.2) is 0 Å². The molecule has 0 aliphatic rings. The molecule has 0 saturated carbocycles. The van der Waals surface area contributed by atoms with Gasteiger partial charge in [-0.15, -0.1) is 0 Å². The van der Waals surface area contributed by atoms with E-state index in [4.69, 9.17) is 0 Å². The Bertz CT molecular complexity index is 4150. The van der Waals surface area contributed by atoms with Crippen LogP contribution in [0, 0.1) is 0 Å². The highest BCUT2D eigenvalue weighted by Gasteiger charge is 2.25. The summed E-state index contributed by atoms with van der Waals surface area (Å²) in [6.07, 6.45) is 0. The van der Waals surface area contributed by atoms with E-state index in [9.17, 15) is 0 Å². The van der Waals surface area contributed by atoms with Gasteiger partial charge in [0.05, 0.1) is 44.1 Å². The first kappa shape index (κ1) is 35.0. The second kappa shape index (κ2) is 13.4. The van der Waals surface area contributed by atoms with E-state index in [-0.39, 0.29) is 0 Å². The fraction of sp³-hybridized carbons (Fsp3) is 0. The van der Waals surface area contributed by atoms with Gasteiger partial charge in [-0.1, -0.05) is 133 Å². The van der Waals surface area contributed by atoms with Gasteiger partial charge in [0.1, 0.15) is 0 Å². The summed E-state index contributed by atoms with van der Waals surface area (Å²) in [7, 11) is 0. The van der Waals surface area contributed by atoms with E-state index < -0.39 is 0 Å². The molecule has 4 aromatic heterocycles. The number of hydrogen-bond acceptors (Lipinski definition) is 0. The Kier molecular flexibility index (Phi) is 7.36. The normalized spacial score (nSPS) is 12.1. The zero-order valence-corrected chi connectivity index (χ0v) is 34.7. The molecule has 4 heterocycles. The summed E-state index contributed by atoms with van der Waals surface area (Å²) in [6, 6.07) is 84.5. The maximum Gasteiger partial charge on any atom is 0.0647 e. The molecule has 64 heavy (non-hydrogen) atoms. The maximum atomic E-state index is 2.50. The Morgan fingerprint density at radius 1 is 0.219 bits per heavy atom. The Morgan fingerprint density at radius 2 is 0.609 bits per heavy atom. The zero-order valence-electron chi connectivity index (χ0n) is 34.7. The van der Waals surface area contributed by atoms with E-state index in [1.807, 2.05) is 0 Å².